The summed E-state index contributed by atoms with van der Waals surface area (Å²) in [6, 6.07) is 7.03. The average Bonchev–Trinajstić information content (AvgIpc) is 3.02. The fourth-order valence-electron chi connectivity index (χ4n) is 4.20. The zero-order chi connectivity index (χ0) is 20.5. The van der Waals surface area contributed by atoms with E-state index in [1.165, 1.54) is 11.2 Å². The van der Waals surface area contributed by atoms with Crippen molar-refractivity contribution in [3.05, 3.63) is 29.8 Å². The lowest BCUT2D eigenvalue weighted by Crippen LogP contribution is -2.51. The highest BCUT2D eigenvalue weighted by molar-refractivity contribution is 7.88. The van der Waals surface area contributed by atoms with Crippen molar-refractivity contribution in [1.82, 2.24) is 9.21 Å². The Morgan fingerprint density at radius 1 is 1.25 bits per heavy atom. The second-order valence-electron chi connectivity index (χ2n) is 7.91. The Morgan fingerprint density at radius 3 is 2.50 bits per heavy atom. The molecule has 2 atom stereocenters. The van der Waals surface area contributed by atoms with Gasteiger partial charge in [0, 0.05) is 44.2 Å². The maximum Gasteiger partial charge on any atom is 0.227 e. The first kappa shape index (κ1) is 20.7. The van der Waals surface area contributed by atoms with Gasteiger partial charge in [0.25, 0.3) is 0 Å². The van der Waals surface area contributed by atoms with Crippen LogP contribution in [0.25, 0.3) is 0 Å². The smallest absolute Gasteiger partial charge is 0.227 e. The van der Waals surface area contributed by atoms with Crippen molar-refractivity contribution in [3.8, 4) is 0 Å². The molecule has 2 fully saturated rings. The highest BCUT2D eigenvalue weighted by Crippen LogP contribution is 2.43. The first-order valence-corrected chi connectivity index (χ1v) is 11.1. The molecule has 0 saturated carbocycles. The lowest BCUT2D eigenvalue weighted by Gasteiger charge is -2.41. The van der Waals surface area contributed by atoms with Crippen LogP contribution in [0.4, 0.5) is 10.1 Å². The van der Waals surface area contributed by atoms with E-state index in [9.17, 15) is 22.4 Å². The zero-order valence-electron chi connectivity index (χ0n) is 16.2. The number of nitrogens with one attached hydrogen (secondary N) is 1. The van der Waals surface area contributed by atoms with Crippen molar-refractivity contribution < 1.29 is 22.4 Å². The van der Waals surface area contributed by atoms with Crippen molar-refractivity contribution in [2.24, 2.45) is 11.3 Å². The van der Waals surface area contributed by atoms with Crippen LogP contribution in [-0.4, -0.2) is 68.5 Å². The first-order valence-electron chi connectivity index (χ1n) is 9.28. The van der Waals surface area contributed by atoms with E-state index in [0.717, 1.165) is 11.8 Å². The number of likely N-dealkylation sites (tertiary alicyclic amines) is 1. The van der Waals surface area contributed by atoms with Crippen LogP contribution < -0.4 is 5.32 Å². The Bertz CT molecular complexity index is 858. The Balaban J connectivity index is 1.67. The summed E-state index contributed by atoms with van der Waals surface area (Å²) in [7, 11) is -3.38. The quantitative estimate of drug-likeness (QED) is 0.791. The summed E-state index contributed by atoms with van der Waals surface area (Å²) < 4.78 is 39.1. The van der Waals surface area contributed by atoms with Gasteiger partial charge >= 0.3 is 0 Å². The van der Waals surface area contributed by atoms with Gasteiger partial charge in [-0.3, -0.25) is 14.0 Å². The molecule has 3 rings (SSSR count). The average molecular weight is 411 g/mol. The van der Waals surface area contributed by atoms with E-state index in [-0.39, 0.29) is 37.2 Å². The van der Waals surface area contributed by atoms with Gasteiger partial charge < -0.3 is 10.2 Å². The van der Waals surface area contributed by atoms with Crippen LogP contribution in [-0.2, 0) is 26.0 Å². The maximum atomic E-state index is 14.0. The van der Waals surface area contributed by atoms with E-state index in [0.29, 0.717) is 25.2 Å². The lowest BCUT2D eigenvalue weighted by atomic mass is 9.75. The van der Waals surface area contributed by atoms with Gasteiger partial charge in [-0.15, -0.1) is 0 Å². The number of hydrogen-bond donors (Lipinski definition) is 1. The van der Waals surface area contributed by atoms with E-state index >= 15 is 0 Å². The van der Waals surface area contributed by atoms with Gasteiger partial charge in [-0.05, 0) is 30.0 Å². The number of hydrogen-bond acceptors (Lipinski definition) is 4. The first-order chi connectivity index (χ1) is 13.1. The molecule has 2 saturated heterocycles. The van der Waals surface area contributed by atoms with Gasteiger partial charge in [-0.1, -0.05) is 12.1 Å². The minimum Gasteiger partial charge on any atom is -0.341 e. The fourth-order valence-corrected chi connectivity index (χ4v) is 5.13. The molecule has 1 aromatic rings. The van der Waals surface area contributed by atoms with E-state index in [1.54, 1.807) is 29.2 Å². The summed E-state index contributed by atoms with van der Waals surface area (Å²) in [5, 5.41) is 2.67. The molecule has 0 aromatic heterocycles. The third-order valence-electron chi connectivity index (χ3n) is 5.75. The topological polar surface area (TPSA) is 86.8 Å². The molecule has 1 aromatic carbocycles. The summed E-state index contributed by atoms with van der Waals surface area (Å²) >= 11 is 0. The normalized spacial score (nSPS) is 25.4. The number of nitrogens with zero attached hydrogens (tertiary/aromatic N) is 2. The molecule has 28 heavy (non-hydrogen) atoms. The summed E-state index contributed by atoms with van der Waals surface area (Å²) in [6.45, 7) is 1.99. The number of benzene rings is 1. The van der Waals surface area contributed by atoms with Crippen LogP contribution in [0.2, 0.25) is 0 Å². The monoisotopic (exact) mass is 411 g/mol. The number of carbonyl (C=O) groups excluding carboxylic acids is 2. The van der Waals surface area contributed by atoms with Crippen LogP contribution in [0, 0.1) is 11.3 Å². The molecule has 0 bridgehead atoms. The number of piperidine rings is 1. The fraction of sp³-hybridized carbons (Fsp3) is 0.579. The van der Waals surface area contributed by atoms with Gasteiger partial charge in [0.05, 0.1) is 19.4 Å². The highest BCUT2D eigenvalue weighted by Gasteiger charge is 2.52. The number of amides is 2. The molecule has 0 radical (unpaired) electrons. The third kappa shape index (κ3) is 4.35. The molecule has 1 N–H and O–H groups in total. The van der Waals surface area contributed by atoms with Crippen LogP contribution in [0.15, 0.2) is 24.3 Å². The van der Waals surface area contributed by atoms with Gasteiger partial charge in [0.2, 0.25) is 21.8 Å². The molecule has 2 heterocycles. The van der Waals surface area contributed by atoms with Crippen LogP contribution in [0.3, 0.4) is 0 Å². The number of rotatable bonds is 5. The molecular formula is C19H26FN3O4S. The number of anilines is 1. The number of alkyl halides is 1. The van der Waals surface area contributed by atoms with E-state index in [2.05, 4.69) is 5.32 Å². The van der Waals surface area contributed by atoms with Crippen LogP contribution >= 0.6 is 0 Å². The largest absolute Gasteiger partial charge is 0.341 e. The molecule has 154 valence electrons. The molecule has 0 spiro atoms. The Kier molecular flexibility index (Phi) is 5.77. The number of sulfonamides is 1. The Morgan fingerprint density at radius 2 is 1.93 bits per heavy atom. The minimum absolute atomic E-state index is 0.0263. The Hall–Kier alpha value is -2.00. The van der Waals surface area contributed by atoms with Crippen molar-refractivity contribution in [2.75, 3.05) is 44.4 Å². The molecule has 9 heteroatoms. The number of fused-ring (bicyclic) bond motifs is 1. The maximum absolute atomic E-state index is 14.0. The number of halogens is 1. The van der Waals surface area contributed by atoms with Crippen molar-refractivity contribution >= 4 is 27.5 Å². The van der Waals surface area contributed by atoms with Crippen molar-refractivity contribution in [1.29, 1.82) is 0 Å². The van der Waals surface area contributed by atoms with Crippen molar-refractivity contribution in [2.45, 2.75) is 19.8 Å². The van der Waals surface area contributed by atoms with E-state index in [1.807, 2.05) is 0 Å². The van der Waals surface area contributed by atoms with Crippen LogP contribution in [0.5, 0.6) is 0 Å². The van der Waals surface area contributed by atoms with E-state index in [4.69, 9.17) is 0 Å². The lowest BCUT2D eigenvalue weighted by molar-refractivity contribution is -0.130. The molecular weight excluding hydrogens is 385 g/mol. The Labute approximate surface area is 164 Å². The van der Waals surface area contributed by atoms with Gasteiger partial charge in [-0.25, -0.2) is 12.7 Å². The summed E-state index contributed by atoms with van der Waals surface area (Å²) in [4.78, 5) is 25.5. The molecule has 7 nitrogen and oxygen atoms in total. The highest BCUT2D eigenvalue weighted by atomic mass is 32.2. The summed E-state index contributed by atoms with van der Waals surface area (Å²) in [5.41, 5.74) is 0.654. The van der Waals surface area contributed by atoms with E-state index < -0.39 is 22.1 Å². The minimum atomic E-state index is -3.38. The standard InChI is InChI=1S/C19H26FN3O4S/c1-14(24)21-17-5-3-15(4-6-17)9-18(25)22-10-16-7-8-23(28(2,26)27)13-19(16,11-20)12-22/h3-6,16H,7-13H2,1-2H3,(H,21,24)/t16-,19-/m0/s1. The SMILES string of the molecule is CC(=O)Nc1ccc(CC(=O)N2C[C@@H]3CCN(S(C)(=O)=O)C[C@]3(CF)C2)cc1. The molecule has 2 aliphatic heterocycles. The molecule has 0 unspecified atom stereocenters. The zero-order valence-corrected chi connectivity index (χ0v) is 17.0. The summed E-state index contributed by atoms with van der Waals surface area (Å²) in [6.07, 6.45) is 1.89. The molecule has 2 amide bonds. The predicted octanol–water partition coefficient (Wildman–Crippen LogP) is 1.27. The van der Waals surface area contributed by atoms with Crippen LogP contribution in [0.1, 0.15) is 18.9 Å². The predicted molar refractivity (Wildman–Crippen MR) is 104 cm³/mol. The van der Waals surface area contributed by atoms with Gasteiger partial charge in [0.15, 0.2) is 0 Å². The second kappa shape index (κ2) is 7.79. The summed E-state index contributed by atoms with van der Waals surface area (Å²) in [5.74, 6) is -0.287. The second-order valence-corrected chi connectivity index (χ2v) is 9.89. The van der Waals surface area contributed by atoms with Gasteiger partial charge in [0.1, 0.15) is 0 Å². The van der Waals surface area contributed by atoms with Crippen molar-refractivity contribution in [3.63, 3.8) is 0 Å². The molecule has 2 aliphatic rings. The third-order valence-corrected chi connectivity index (χ3v) is 7.00. The number of carbonyl (C=O) groups is 2. The van der Waals surface area contributed by atoms with Gasteiger partial charge in [-0.2, -0.15) is 0 Å². The molecule has 0 aliphatic carbocycles.